The molecule has 2 rings (SSSR count). The Morgan fingerprint density at radius 1 is 0.667 bits per heavy atom. The first kappa shape index (κ1) is 29.1. The lowest BCUT2D eigenvalue weighted by Gasteiger charge is -2.25. The van der Waals surface area contributed by atoms with Gasteiger partial charge in [0.25, 0.3) is 0 Å². The van der Waals surface area contributed by atoms with Crippen molar-refractivity contribution in [2.75, 3.05) is 5.43 Å². The second-order valence-corrected chi connectivity index (χ2v) is 13.5. The number of hydrazone groups is 1. The standard InChI is InChI=1S/C29H43N5O2/c1-26(2,3)19-13-20(27(4,5)6)16-23(15-19)30-32-25(34(35)36)33-31-24-17-21(28(7,8)9)14-22(18-24)29(10,11)12/h13-18,30H,1-12H3/b32-25-,33-31?. The largest absolute Gasteiger partial charge is 0.511 e. The summed E-state index contributed by atoms with van der Waals surface area (Å²) in [5.74, 6) is -0.605. The molecule has 7 heteroatoms. The highest BCUT2D eigenvalue weighted by molar-refractivity contribution is 5.73. The van der Waals surface area contributed by atoms with E-state index in [0.717, 1.165) is 22.3 Å². The summed E-state index contributed by atoms with van der Waals surface area (Å²) in [5, 5.41) is 23.9. The Bertz CT molecular complexity index is 1100. The second kappa shape index (κ2) is 10.1. The van der Waals surface area contributed by atoms with E-state index < -0.39 is 10.9 Å². The van der Waals surface area contributed by atoms with Crippen LogP contribution in [0.25, 0.3) is 0 Å². The summed E-state index contributed by atoms with van der Waals surface area (Å²) < 4.78 is 0. The van der Waals surface area contributed by atoms with E-state index in [9.17, 15) is 10.1 Å². The van der Waals surface area contributed by atoms with Crippen molar-refractivity contribution in [3.63, 3.8) is 0 Å². The number of nitro groups is 1. The quantitative estimate of drug-likeness (QED) is 0.152. The molecule has 0 aliphatic carbocycles. The molecule has 0 aromatic heterocycles. The van der Waals surface area contributed by atoms with Crippen LogP contribution in [0.15, 0.2) is 51.7 Å². The number of hydrogen-bond donors (Lipinski definition) is 1. The Hall–Kier alpha value is -3.09. The summed E-state index contributed by atoms with van der Waals surface area (Å²) in [6.07, 6.45) is 0. The van der Waals surface area contributed by atoms with Gasteiger partial charge in [0, 0.05) is 5.10 Å². The van der Waals surface area contributed by atoms with E-state index in [-0.39, 0.29) is 21.7 Å². The van der Waals surface area contributed by atoms with Crippen molar-refractivity contribution >= 4 is 17.3 Å². The summed E-state index contributed by atoms with van der Waals surface area (Å²) in [5.41, 5.74) is 8.13. The van der Waals surface area contributed by atoms with Crippen molar-refractivity contribution in [1.29, 1.82) is 0 Å². The van der Waals surface area contributed by atoms with Crippen LogP contribution in [0.4, 0.5) is 11.4 Å². The molecule has 0 saturated carbocycles. The van der Waals surface area contributed by atoms with E-state index in [1.165, 1.54) is 0 Å². The Balaban J connectivity index is 2.48. The molecule has 0 atom stereocenters. The summed E-state index contributed by atoms with van der Waals surface area (Å²) >= 11 is 0. The SMILES string of the molecule is CC(C)(C)c1cc(N=N/C(=N/Nc2cc(C(C)(C)C)cc(C(C)(C)C)c2)[N+](=O)[O-])cc(C(C)(C)C)c1. The zero-order valence-corrected chi connectivity index (χ0v) is 24.1. The van der Waals surface area contributed by atoms with E-state index in [4.69, 9.17) is 0 Å². The maximum Gasteiger partial charge on any atom is 0.511 e. The van der Waals surface area contributed by atoms with E-state index >= 15 is 0 Å². The van der Waals surface area contributed by atoms with E-state index in [2.05, 4.69) is 116 Å². The Morgan fingerprint density at radius 2 is 1.03 bits per heavy atom. The Labute approximate surface area is 216 Å². The predicted molar refractivity (Wildman–Crippen MR) is 150 cm³/mol. The molecule has 2 aromatic rings. The van der Waals surface area contributed by atoms with Crippen molar-refractivity contribution in [3.8, 4) is 0 Å². The van der Waals surface area contributed by atoms with Crippen LogP contribution in [-0.2, 0) is 21.7 Å². The smallest absolute Gasteiger partial charge is 0.390 e. The molecule has 0 heterocycles. The van der Waals surface area contributed by atoms with Crippen molar-refractivity contribution in [3.05, 3.63) is 68.8 Å². The first-order valence-electron chi connectivity index (χ1n) is 12.4. The third-order valence-electron chi connectivity index (χ3n) is 6.02. The number of rotatable bonds is 3. The van der Waals surface area contributed by atoms with E-state index in [0.29, 0.717) is 11.4 Å². The van der Waals surface area contributed by atoms with Crippen LogP contribution in [0, 0.1) is 10.1 Å². The molecule has 0 spiro atoms. The minimum atomic E-state index is -0.632. The molecule has 0 unspecified atom stereocenters. The lowest BCUT2D eigenvalue weighted by Crippen LogP contribution is -2.17. The van der Waals surface area contributed by atoms with Gasteiger partial charge < -0.3 is 10.1 Å². The van der Waals surface area contributed by atoms with Crippen LogP contribution >= 0.6 is 0 Å². The van der Waals surface area contributed by atoms with Gasteiger partial charge >= 0.3 is 5.96 Å². The van der Waals surface area contributed by atoms with Gasteiger partial charge in [0.2, 0.25) is 0 Å². The average Bonchev–Trinajstić information content (AvgIpc) is 2.70. The van der Waals surface area contributed by atoms with Gasteiger partial charge in [0.05, 0.1) is 10.8 Å². The van der Waals surface area contributed by atoms with Gasteiger partial charge in [0.15, 0.2) is 0 Å². The third kappa shape index (κ3) is 7.97. The fourth-order valence-corrected chi connectivity index (χ4v) is 3.41. The predicted octanol–water partition coefficient (Wildman–Crippen LogP) is 8.62. The lowest BCUT2D eigenvalue weighted by atomic mass is 9.80. The number of anilines is 1. The second-order valence-electron chi connectivity index (χ2n) is 13.5. The first-order chi connectivity index (χ1) is 16.2. The first-order valence-corrected chi connectivity index (χ1v) is 12.4. The van der Waals surface area contributed by atoms with Crippen LogP contribution in [-0.4, -0.2) is 10.9 Å². The van der Waals surface area contributed by atoms with Crippen LogP contribution in [0.3, 0.4) is 0 Å². The van der Waals surface area contributed by atoms with Crippen LogP contribution < -0.4 is 5.43 Å². The zero-order valence-electron chi connectivity index (χ0n) is 24.1. The fourth-order valence-electron chi connectivity index (χ4n) is 3.41. The molecule has 0 bridgehead atoms. The Morgan fingerprint density at radius 3 is 1.36 bits per heavy atom. The number of nitrogens with zero attached hydrogens (tertiary/aromatic N) is 4. The number of hydrogen-bond acceptors (Lipinski definition) is 5. The Kier molecular flexibility index (Phi) is 8.19. The van der Waals surface area contributed by atoms with Gasteiger partial charge in [-0.15, -0.1) is 0 Å². The minimum Gasteiger partial charge on any atom is -0.390 e. The number of azo groups is 1. The molecule has 0 amide bonds. The molecule has 0 fully saturated rings. The molecule has 1 N–H and O–H groups in total. The molecule has 0 saturated heterocycles. The number of nitrogens with one attached hydrogen (secondary N) is 1. The molecule has 0 aliphatic heterocycles. The molecule has 196 valence electrons. The highest BCUT2D eigenvalue weighted by Crippen LogP contribution is 2.34. The molecule has 0 radical (unpaired) electrons. The summed E-state index contributed by atoms with van der Waals surface area (Å²) in [4.78, 5) is 11.1. The monoisotopic (exact) mass is 493 g/mol. The molecular formula is C29H43N5O2. The summed E-state index contributed by atoms with van der Waals surface area (Å²) in [6, 6.07) is 12.1. The van der Waals surface area contributed by atoms with Crippen molar-refractivity contribution < 1.29 is 4.92 Å². The maximum absolute atomic E-state index is 11.7. The van der Waals surface area contributed by atoms with Crippen LogP contribution in [0.1, 0.15) is 105 Å². The van der Waals surface area contributed by atoms with Gasteiger partial charge in [0.1, 0.15) is 5.69 Å². The zero-order chi connectivity index (χ0) is 27.7. The topological polar surface area (TPSA) is 92.2 Å². The van der Waals surface area contributed by atoms with E-state index in [1.807, 2.05) is 24.3 Å². The minimum absolute atomic E-state index is 0.0874. The lowest BCUT2D eigenvalue weighted by molar-refractivity contribution is -0.352. The van der Waals surface area contributed by atoms with Gasteiger partial charge in [-0.3, -0.25) is 0 Å². The molecule has 7 nitrogen and oxygen atoms in total. The highest BCUT2D eigenvalue weighted by atomic mass is 16.6. The van der Waals surface area contributed by atoms with E-state index in [1.54, 1.807) is 0 Å². The maximum atomic E-state index is 11.7. The van der Waals surface area contributed by atoms with Gasteiger partial charge in [-0.2, -0.15) is 0 Å². The number of guanidine groups is 1. The third-order valence-corrected chi connectivity index (χ3v) is 6.02. The van der Waals surface area contributed by atoms with Gasteiger partial charge in [-0.25, -0.2) is 5.43 Å². The fraction of sp³-hybridized carbons (Fsp3) is 0.552. The molecule has 36 heavy (non-hydrogen) atoms. The highest BCUT2D eigenvalue weighted by Gasteiger charge is 2.23. The molecule has 0 aliphatic rings. The van der Waals surface area contributed by atoms with Crippen molar-refractivity contribution in [2.45, 2.75) is 105 Å². The normalized spacial score (nSPS) is 13.8. The van der Waals surface area contributed by atoms with Crippen molar-refractivity contribution in [2.24, 2.45) is 15.3 Å². The average molecular weight is 494 g/mol. The van der Waals surface area contributed by atoms with Crippen molar-refractivity contribution in [1.82, 2.24) is 0 Å². The number of benzene rings is 2. The van der Waals surface area contributed by atoms with Crippen LogP contribution in [0.5, 0.6) is 0 Å². The molecular weight excluding hydrogens is 450 g/mol. The van der Waals surface area contributed by atoms with Gasteiger partial charge in [-0.1, -0.05) is 100 Å². The summed E-state index contributed by atoms with van der Waals surface area (Å²) in [6.45, 7) is 25.6. The molecule has 2 aromatic carbocycles. The summed E-state index contributed by atoms with van der Waals surface area (Å²) in [7, 11) is 0. The van der Waals surface area contributed by atoms with Crippen LogP contribution in [0.2, 0.25) is 0 Å². The van der Waals surface area contributed by atoms with Gasteiger partial charge in [-0.05, 0) is 73.1 Å².